The molecule has 2 aliphatic heterocycles. The lowest BCUT2D eigenvalue weighted by molar-refractivity contribution is -0.143. The summed E-state index contributed by atoms with van der Waals surface area (Å²) in [5, 5.41) is 3.40. The number of nitrogens with zero attached hydrogens (tertiary/aromatic N) is 4. The van der Waals surface area contributed by atoms with Crippen molar-refractivity contribution in [3.63, 3.8) is 0 Å². The first kappa shape index (κ1) is 24.8. The van der Waals surface area contributed by atoms with Gasteiger partial charge in [0, 0.05) is 57.5 Å². The Kier molecular flexibility index (Phi) is 9.32. The van der Waals surface area contributed by atoms with E-state index in [2.05, 4.69) is 32.2 Å². The lowest BCUT2D eigenvalue weighted by atomic mass is 10.2. The summed E-state index contributed by atoms with van der Waals surface area (Å²) in [4.78, 5) is 10.6. The second-order valence-electron chi connectivity index (χ2n) is 7.45. The number of halogens is 4. The molecule has 0 aromatic heterocycles. The van der Waals surface area contributed by atoms with Crippen molar-refractivity contribution >= 4 is 35.6 Å². The Morgan fingerprint density at radius 2 is 1.80 bits per heavy atom. The fourth-order valence-corrected chi connectivity index (χ4v) is 3.89. The molecule has 6 nitrogen and oxygen atoms in total. The molecule has 1 atom stereocenters. The number of aliphatic imine (C=N–C) groups is 1. The van der Waals surface area contributed by atoms with Crippen molar-refractivity contribution in [1.82, 2.24) is 15.1 Å². The van der Waals surface area contributed by atoms with Crippen molar-refractivity contribution in [2.75, 3.05) is 64.4 Å². The number of nitrogens with one attached hydrogen (secondary N) is 1. The van der Waals surface area contributed by atoms with Crippen LogP contribution in [0.4, 0.5) is 18.9 Å². The molecule has 1 aromatic carbocycles. The highest BCUT2D eigenvalue weighted by Gasteiger charge is 2.35. The minimum absolute atomic E-state index is 0. The van der Waals surface area contributed by atoms with Crippen molar-refractivity contribution in [1.29, 1.82) is 0 Å². The molecule has 30 heavy (non-hydrogen) atoms. The van der Waals surface area contributed by atoms with Crippen LogP contribution in [0.2, 0.25) is 0 Å². The van der Waals surface area contributed by atoms with Crippen LogP contribution in [0.25, 0.3) is 0 Å². The summed E-state index contributed by atoms with van der Waals surface area (Å²) in [6.07, 6.45) is -3.45. The minimum Gasteiger partial charge on any atom is -0.497 e. The van der Waals surface area contributed by atoms with Gasteiger partial charge < -0.3 is 19.9 Å². The molecule has 0 bridgehead atoms. The first-order valence-corrected chi connectivity index (χ1v) is 10.1. The maximum atomic E-state index is 12.6. The molecule has 1 unspecified atom stereocenters. The van der Waals surface area contributed by atoms with E-state index in [-0.39, 0.29) is 30.0 Å². The number of rotatable bonds is 5. The van der Waals surface area contributed by atoms with E-state index in [1.54, 1.807) is 7.11 Å². The van der Waals surface area contributed by atoms with Gasteiger partial charge in [0.15, 0.2) is 5.96 Å². The molecule has 170 valence electrons. The van der Waals surface area contributed by atoms with Crippen LogP contribution >= 0.6 is 24.0 Å². The first-order valence-electron chi connectivity index (χ1n) is 10.1. The van der Waals surface area contributed by atoms with Gasteiger partial charge in [0.2, 0.25) is 0 Å². The summed E-state index contributed by atoms with van der Waals surface area (Å²) < 4.78 is 43.1. The number of guanidine groups is 1. The highest BCUT2D eigenvalue weighted by atomic mass is 127. The zero-order chi connectivity index (χ0) is 20.9. The number of anilines is 1. The second kappa shape index (κ2) is 11.3. The third-order valence-corrected chi connectivity index (χ3v) is 5.33. The van der Waals surface area contributed by atoms with Gasteiger partial charge in [-0.3, -0.25) is 9.89 Å². The van der Waals surface area contributed by atoms with Crippen molar-refractivity contribution in [3.8, 4) is 5.75 Å². The smallest absolute Gasteiger partial charge is 0.401 e. The van der Waals surface area contributed by atoms with Crippen LogP contribution < -0.4 is 15.0 Å². The maximum absolute atomic E-state index is 12.6. The third-order valence-electron chi connectivity index (χ3n) is 5.33. The number of hydrogen-bond donors (Lipinski definition) is 1. The molecule has 0 saturated carbocycles. The van der Waals surface area contributed by atoms with Gasteiger partial charge in [0.1, 0.15) is 5.75 Å². The second-order valence-corrected chi connectivity index (χ2v) is 7.45. The van der Waals surface area contributed by atoms with Gasteiger partial charge in [-0.25, -0.2) is 0 Å². The Morgan fingerprint density at radius 3 is 2.37 bits per heavy atom. The predicted molar refractivity (Wildman–Crippen MR) is 124 cm³/mol. The number of ether oxygens (including phenoxy) is 1. The topological polar surface area (TPSA) is 43.3 Å². The molecule has 2 fully saturated rings. The van der Waals surface area contributed by atoms with Gasteiger partial charge in [-0.05, 0) is 37.6 Å². The zero-order valence-corrected chi connectivity index (χ0v) is 19.8. The summed E-state index contributed by atoms with van der Waals surface area (Å²) in [6, 6.07) is 8.03. The molecule has 0 radical (unpaired) electrons. The largest absolute Gasteiger partial charge is 0.497 e. The third kappa shape index (κ3) is 7.07. The number of hydrogen-bond acceptors (Lipinski definition) is 4. The number of likely N-dealkylation sites (tertiary alicyclic amines) is 1. The SMILES string of the molecule is CCN=C(NC1CCN(CC(F)(F)F)C1)N1CCN(c2ccc(OC)cc2)CC1.I. The van der Waals surface area contributed by atoms with Crippen LogP contribution in [0.1, 0.15) is 13.3 Å². The highest BCUT2D eigenvalue weighted by molar-refractivity contribution is 14.0. The predicted octanol–water partition coefficient (Wildman–Crippen LogP) is 3.04. The van der Waals surface area contributed by atoms with Gasteiger partial charge in [0.05, 0.1) is 13.7 Å². The number of piperazine rings is 1. The average Bonchev–Trinajstić information content (AvgIpc) is 3.13. The number of methoxy groups -OCH3 is 1. The van der Waals surface area contributed by atoms with Gasteiger partial charge in [-0.1, -0.05) is 0 Å². The molecular weight excluding hydrogens is 510 g/mol. The minimum atomic E-state index is -4.15. The lowest BCUT2D eigenvalue weighted by Crippen LogP contribution is -2.54. The Hall–Kier alpha value is -1.43. The molecule has 0 aliphatic carbocycles. The monoisotopic (exact) mass is 541 g/mol. The van der Waals surface area contributed by atoms with E-state index in [1.165, 1.54) is 4.90 Å². The zero-order valence-electron chi connectivity index (χ0n) is 17.5. The Labute approximate surface area is 193 Å². The van der Waals surface area contributed by atoms with Crippen LogP contribution in [-0.2, 0) is 0 Å². The first-order chi connectivity index (χ1) is 13.9. The number of alkyl halides is 3. The number of benzene rings is 1. The lowest BCUT2D eigenvalue weighted by Gasteiger charge is -2.38. The van der Waals surface area contributed by atoms with E-state index in [0.717, 1.165) is 43.6 Å². The highest BCUT2D eigenvalue weighted by Crippen LogP contribution is 2.22. The molecule has 0 amide bonds. The van der Waals surface area contributed by atoms with Crippen LogP contribution in [0.15, 0.2) is 29.3 Å². The van der Waals surface area contributed by atoms with Crippen molar-refractivity contribution < 1.29 is 17.9 Å². The Balaban J connectivity index is 0.00000320. The van der Waals surface area contributed by atoms with Crippen molar-refractivity contribution in [2.45, 2.75) is 25.6 Å². The van der Waals surface area contributed by atoms with Crippen molar-refractivity contribution in [2.24, 2.45) is 4.99 Å². The quantitative estimate of drug-likeness (QED) is 0.353. The molecule has 2 saturated heterocycles. The standard InChI is InChI=1S/C20H30F3N5O.HI/c1-3-24-19(25-16-8-9-26(14-16)15-20(21,22)23)28-12-10-27(11-13-28)17-4-6-18(29-2)7-5-17;/h4-7,16H,3,8-15H2,1-2H3,(H,24,25);1H. The molecule has 2 heterocycles. The van der Waals surface area contributed by atoms with Crippen LogP contribution in [0, 0.1) is 0 Å². The summed E-state index contributed by atoms with van der Waals surface area (Å²) in [5.74, 6) is 1.64. The average molecular weight is 541 g/mol. The molecule has 3 rings (SSSR count). The fourth-order valence-electron chi connectivity index (χ4n) is 3.89. The molecule has 0 spiro atoms. The molecule has 10 heteroatoms. The van der Waals surface area contributed by atoms with E-state index in [9.17, 15) is 13.2 Å². The van der Waals surface area contributed by atoms with Crippen LogP contribution in [-0.4, -0.2) is 87.4 Å². The summed E-state index contributed by atoms with van der Waals surface area (Å²) in [7, 11) is 1.65. The van der Waals surface area contributed by atoms with Crippen molar-refractivity contribution in [3.05, 3.63) is 24.3 Å². The van der Waals surface area contributed by atoms with Gasteiger partial charge in [-0.2, -0.15) is 13.2 Å². The van der Waals surface area contributed by atoms with Crippen LogP contribution in [0.3, 0.4) is 0 Å². The summed E-state index contributed by atoms with van der Waals surface area (Å²) in [5.41, 5.74) is 1.16. The molecule has 1 N–H and O–H groups in total. The van der Waals surface area contributed by atoms with Gasteiger partial charge >= 0.3 is 6.18 Å². The van der Waals surface area contributed by atoms with Crippen LogP contribution in [0.5, 0.6) is 5.75 Å². The van der Waals surface area contributed by atoms with Gasteiger partial charge in [-0.15, -0.1) is 24.0 Å². The molecular formula is C20H31F3IN5O. The normalized spacial score (nSPS) is 20.8. The van der Waals surface area contributed by atoms with E-state index >= 15 is 0 Å². The Morgan fingerprint density at radius 1 is 1.13 bits per heavy atom. The molecule has 1 aromatic rings. The van der Waals surface area contributed by atoms with Gasteiger partial charge in [0.25, 0.3) is 0 Å². The van der Waals surface area contributed by atoms with E-state index in [0.29, 0.717) is 26.1 Å². The fraction of sp³-hybridized carbons (Fsp3) is 0.650. The molecule has 2 aliphatic rings. The van der Waals surface area contributed by atoms with E-state index in [1.807, 2.05) is 19.1 Å². The van der Waals surface area contributed by atoms with E-state index < -0.39 is 12.7 Å². The maximum Gasteiger partial charge on any atom is 0.401 e. The summed E-state index contributed by atoms with van der Waals surface area (Å²) in [6.45, 7) is 5.98. The summed E-state index contributed by atoms with van der Waals surface area (Å²) >= 11 is 0. The van der Waals surface area contributed by atoms with E-state index in [4.69, 9.17) is 4.74 Å². The Bertz CT molecular complexity index is 678.